The van der Waals surface area contributed by atoms with Gasteiger partial charge in [0.1, 0.15) is 29.2 Å². The number of amides is 1. The molecule has 4 N–H and O–H groups in total. The van der Waals surface area contributed by atoms with Crippen LogP contribution in [-0.4, -0.2) is 144 Å². The van der Waals surface area contributed by atoms with Crippen molar-refractivity contribution in [3.8, 4) is 10.8 Å². The van der Waals surface area contributed by atoms with Gasteiger partial charge in [0, 0.05) is 33.3 Å². The molecule has 15 nitrogen and oxygen atoms in total. The maximum absolute atomic E-state index is 13.5. The molecule has 1 amide bonds. The monoisotopic (exact) mass is 882 g/mol. The lowest BCUT2D eigenvalue weighted by Gasteiger charge is -2.15. The Morgan fingerprint density at radius 2 is 1.41 bits per heavy atom. The van der Waals surface area contributed by atoms with Crippen molar-refractivity contribution in [2.45, 2.75) is 46.1 Å². The number of carbonyl (C=O) groups excluding carboxylic acids is 1. The summed E-state index contributed by atoms with van der Waals surface area (Å²) in [7, 11) is 2.13. The Labute approximate surface area is 369 Å². The topological polar surface area (TPSA) is 169 Å². The van der Waals surface area contributed by atoms with Crippen LogP contribution in [0.3, 0.4) is 0 Å². The number of aliphatic imine (C=N–C) groups is 1. The number of hydrogen-bond acceptors (Lipinski definition) is 14. The van der Waals surface area contributed by atoms with Crippen LogP contribution in [0.1, 0.15) is 58.5 Å². The van der Waals surface area contributed by atoms with E-state index >= 15 is 0 Å². The second-order valence-corrected chi connectivity index (χ2v) is 16.3. The van der Waals surface area contributed by atoms with Gasteiger partial charge >= 0.3 is 0 Å². The van der Waals surface area contributed by atoms with Crippen molar-refractivity contribution >= 4 is 40.2 Å². The second kappa shape index (κ2) is 26.6. The number of ether oxygens (including phenoxy) is 6. The number of nitrogens with two attached hydrogens (primary N) is 1. The number of benzene rings is 2. The zero-order valence-corrected chi connectivity index (χ0v) is 37.7. The van der Waals surface area contributed by atoms with E-state index in [0.29, 0.717) is 95.0 Å². The molecule has 0 bridgehead atoms. The number of nitrogens with zero attached hydrogens (tertiary/aromatic N) is 5. The molecule has 2 aromatic heterocycles. The average molecular weight is 884 g/mol. The largest absolute Gasteiger partial charge is 0.491 e. The van der Waals surface area contributed by atoms with Crippen molar-refractivity contribution in [3.05, 3.63) is 86.8 Å². The van der Waals surface area contributed by atoms with Gasteiger partial charge in [-0.05, 0) is 109 Å². The number of thiophene rings is 1. The normalized spacial score (nSPS) is 13.6. The van der Waals surface area contributed by atoms with Gasteiger partial charge in [-0.3, -0.25) is 14.4 Å². The van der Waals surface area contributed by atoms with Crippen LogP contribution in [0.25, 0.3) is 5.00 Å². The van der Waals surface area contributed by atoms with E-state index in [9.17, 15) is 4.79 Å². The van der Waals surface area contributed by atoms with Crippen LogP contribution in [0, 0.1) is 20.8 Å². The third-order valence-electron chi connectivity index (χ3n) is 9.92. The highest BCUT2D eigenvalue weighted by molar-refractivity contribution is 7.15. The van der Waals surface area contributed by atoms with E-state index in [-0.39, 0.29) is 12.3 Å². The maximum atomic E-state index is 13.5. The number of anilines is 1. The van der Waals surface area contributed by atoms with Crippen LogP contribution >= 0.6 is 22.9 Å². The fourth-order valence-corrected chi connectivity index (χ4v) is 7.91. The Hall–Kier alpha value is -3.81. The molecule has 334 valence electrons. The molecule has 0 saturated heterocycles. The number of aryl methyl sites for hydroxylation is 2. The molecule has 0 radical (unpaired) electrons. The van der Waals surface area contributed by atoms with Crippen LogP contribution < -0.4 is 21.1 Å². The molecular formula is C44H63ClN8O7S. The molecule has 4 aromatic rings. The number of nitrogens with one attached hydrogen (secondary N) is 2. The number of aromatic nitrogens is 3. The Bertz CT molecular complexity index is 1930. The Morgan fingerprint density at radius 1 is 0.803 bits per heavy atom. The first-order valence-corrected chi connectivity index (χ1v) is 22.3. The molecule has 61 heavy (non-hydrogen) atoms. The highest BCUT2D eigenvalue weighted by Crippen LogP contribution is 2.39. The predicted octanol–water partition coefficient (Wildman–Crippen LogP) is 5.55. The summed E-state index contributed by atoms with van der Waals surface area (Å²) in [4.78, 5) is 22.2. The lowest BCUT2D eigenvalue weighted by atomic mass is 9.99. The summed E-state index contributed by atoms with van der Waals surface area (Å²) >= 11 is 7.91. The van der Waals surface area contributed by atoms with E-state index in [4.69, 9.17) is 50.7 Å². The van der Waals surface area contributed by atoms with Crippen molar-refractivity contribution < 1.29 is 33.2 Å². The van der Waals surface area contributed by atoms with Crippen LogP contribution in [0.4, 0.5) is 5.69 Å². The molecule has 1 aliphatic rings. The molecule has 0 unspecified atom stereocenters. The van der Waals surface area contributed by atoms with E-state index in [1.807, 2.05) is 60.0 Å². The van der Waals surface area contributed by atoms with Crippen LogP contribution in [-0.2, 0) is 28.5 Å². The van der Waals surface area contributed by atoms with Crippen LogP contribution in [0.2, 0.25) is 5.02 Å². The average Bonchev–Trinajstić information content (AvgIpc) is 3.74. The van der Waals surface area contributed by atoms with Crippen molar-refractivity contribution in [3.63, 3.8) is 0 Å². The third kappa shape index (κ3) is 15.8. The van der Waals surface area contributed by atoms with Crippen molar-refractivity contribution in [1.29, 1.82) is 0 Å². The first-order chi connectivity index (χ1) is 29.7. The molecule has 0 saturated carbocycles. The molecule has 2 aromatic carbocycles. The van der Waals surface area contributed by atoms with E-state index in [0.717, 1.165) is 78.8 Å². The van der Waals surface area contributed by atoms with Crippen LogP contribution in [0.15, 0.2) is 53.5 Å². The lowest BCUT2D eigenvalue weighted by molar-refractivity contribution is -0.116. The highest BCUT2D eigenvalue weighted by Gasteiger charge is 2.32. The molecule has 1 atom stereocenters. The van der Waals surface area contributed by atoms with E-state index in [1.165, 1.54) is 4.88 Å². The number of hydrogen-bond donors (Lipinski definition) is 3. The first kappa shape index (κ1) is 48.2. The molecule has 17 heteroatoms. The SMILES string of the molecule is Cc1sc2c(c1C)C(c1ccc(Cl)cc1)=N[C@@H](CC(=O)Nc1ccc(OCCOCCOCCOCCOCCOCCNCCCN(C)CCCN)cc1)c1nnc(C)n1-2. The fraction of sp³-hybridized carbons (Fsp3) is 0.545. The first-order valence-electron chi connectivity index (χ1n) is 21.1. The van der Waals surface area contributed by atoms with E-state index in [2.05, 4.69) is 46.6 Å². The van der Waals surface area contributed by atoms with Gasteiger partial charge in [-0.25, -0.2) is 0 Å². The van der Waals surface area contributed by atoms with E-state index < -0.39 is 6.04 Å². The van der Waals surface area contributed by atoms with Gasteiger partial charge in [0.25, 0.3) is 0 Å². The van der Waals surface area contributed by atoms with Gasteiger partial charge in [0.15, 0.2) is 5.82 Å². The quantitative estimate of drug-likeness (QED) is 0.0560. The number of rotatable bonds is 30. The Morgan fingerprint density at radius 3 is 2.05 bits per heavy atom. The number of fused-ring (bicyclic) bond motifs is 3. The van der Waals surface area contributed by atoms with Gasteiger partial charge in [-0.15, -0.1) is 21.5 Å². The highest BCUT2D eigenvalue weighted by atomic mass is 35.5. The summed E-state index contributed by atoms with van der Waals surface area (Å²) in [6.45, 7) is 16.3. The van der Waals surface area contributed by atoms with Gasteiger partial charge in [0.2, 0.25) is 5.91 Å². The standard InChI is InChI=1S/C44H63ClN8O7S/c1-32-33(2)61-44-41(32)42(35-7-9-36(45)10-8-35)49-39(43-51-50-34(3)53(43)44)31-40(54)48-37-11-13-38(14-12-37)60-30-29-59-28-27-58-26-25-57-24-23-56-22-21-55-20-17-47-16-6-19-52(4)18-5-15-46/h7-14,39,47H,5-6,15-31,46H2,1-4H3,(H,48,54)/t39-/m0/s1. The number of carbonyl (C=O) groups is 1. The molecular weight excluding hydrogens is 820 g/mol. The Balaban J connectivity index is 0.896. The van der Waals surface area contributed by atoms with Gasteiger partial charge in [-0.1, -0.05) is 23.7 Å². The van der Waals surface area contributed by atoms with E-state index in [1.54, 1.807) is 11.3 Å². The van der Waals surface area contributed by atoms with Gasteiger partial charge in [-0.2, -0.15) is 0 Å². The predicted molar refractivity (Wildman–Crippen MR) is 241 cm³/mol. The third-order valence-corrected chi connectivity index (χ3v) is 11.4. The molecule has 0 fully saturated rings. The fourth-order valence-electron chi connectivity index (χ4n) is 6.57. The zero-order valence-electron chi connectivity index (χ0n) is 36.1. The smallest absolute Gasteiger partial charge is 0.227 e. The van der Waals surface area contributed by atoms with Gasteiger partial charge in [0.05, 0.1) is 78.2 Å². The molecule has 3 heterocycles. The lowest BCUT2D eigenvalue weighted by Crippen LogP contribution is -2.27. The summed E-state index contributed by atoms with van der Waals surface area (Å²) in [6, 6.07) is 14.3. The maximum Gasteiger partial charge on any atom is 0.227 e. The summed E-state index contributed by atoms with van der Waals surface area (Å²) in [6.07, 6.45) is 2.23. The number of halogens is 1. The summed E-state index contributed by atoms with van der Waals surface area (Å²) in [5, 5.41) is 16.9. The molecule has 0 spiro atoms. The minimum Gasteiger partial charge on any atom is -0.491 e. The van der Waals surface area contributed by atoms with Crippen LogP contribution in [0.5, 0.6) is 5.75 Å². The summed E-state index contributed by atoms with van der Waals surface area (Å²) < 4.78 is 35.8. The summed E-state index contributed by atoms with van der Waals surface area (Å²) in [5.41, 5.74) is 10.1. The van der Waals surface area contributed by atoms with Crippen molar-refractivity contribution in [1.82, 2.24) is 25.0 Å². The Kier molecular flexibility index (Phi) is 21.0. The summed E-state index contributed by atoms with van der Waals surface area (Å²) in [5.74, 6) is 1.85. The zero-order chi connectivity index (χ0) is 43.2. The molecule has 1 aliphatic heterocycles. The van der Waals surface area contributed by atoms with Crippen molar-refractivity contribution in [2.75, 3.05) is 118 Å². The molecule has 0 aliphatic carbocycles. The second-order valence-electron chi connectivity index (χ2n) is 14.6. The molecule has 5 rings (SSSR count). The minimum atomic E-state index is -0.562. The van der Waals surface area contributed by atoms with Gasteiger partial charge < -0.3 is 49.7 Å². The minimum absolute atomic E-state index is 0.0783. The van der Waals surface area contributed by atoms with Crippen molar-refractivity contribution in [2.24, 2.45) is 10.7 Å².